The van der Waals surface area contributed by atoms with Crippen molar-refractivity contribution in [1.82, 2.24) is 24.4 Å². The molecule has 2 aromatic heterocycles. The van der Waals surface area contributed by atoms with Crippen molar-refractivity contribution in [2.24, 2.45) is 0 Å². The molecule has 7 nitrogen and oxygen atoms in total. The molecule has 28 heavy (non-hydrogen) atoms. The normalized spacial score (nSPS) is 10.8. The molecule has 4 rings (SSSR count). The second-order valence-corrected chi connectivity index (χ2v) is 7.21. The van der Waals surface area contributed by atoms with Gasteiger partial charge in [0.2, 0.25) is 5.13 Å². The lowest BCUT2D eigenvalue weighted by Crippen LogP contribution is -2.13. The molecule has 8 heteroatoms. The number of nitrogens with zero attached hydrogens (tertiary/aromatic N) is 5. The predicted octanol–water partition coefficient (Wildman–Crippen LogP) is 3.96. The van der Waals surface area contributed by atoms with Crippen LogP contribution >= 0.6 is 11.5 Å². The van der Waals surface area contributed by atoms with E-state index in [2.05, 4.69) is 25.0 Å². The van der Waals surface area contributed by atoms with E-state index in [-0.39, 0.29) is 5.91 Å². The van der Waals surface area contributed by atoms with E-state index in [1.807, 2.05) is 63.2 Å². The average molecular weight is 390 g/mol. The molecule has 0 aliphatic carbocycles. The van der Waals surface area contributed by atoms with Crippen molar-refractivity contribution in [3.8, 4) is 17.2 Å². The molecule has 0 spiro atoms. The Morgan fingerprint density at radius 1 is 1.04 bits per heavy atom. The Morgan fingerprint density at radius 2 is 1.79 bits per heavy atom. The van der Waals surface area contributed by atoms with E-state index in [1.54, 1.807) is 10.7 Å². The fraction of sp³-hybridized carbons (Fsp3) is 0.150. The SMILES string of the molecule is Cc1ccc(-n2nnc(-c3nsc(NC(=O)c4ccccc4C)n3)c2C)cc1. The summed E-state index contributed by atoms with van der Waals surface area (Å²) in [6, 6.07) is 15.4. The molecule has 0 radical (unpaired) electrons. The third kappa shape index (κ3) is 3.41. The Hall–Kier alpha value is -3.39. The second-order valence-electron chi connectivity index (χ2n) is 6.46. The minimum Gasteiger partial charge on any atom is -0.297 e. The number of benzene rings is 2. The lowest BCUT2D eigenvalue weighted by molar-refractivity contribution is 0.102. The summed E-state index contributed by atoms with van der Waals surface area (Å²) in [5.74, 6) is 0.238. The standard InChI is InChI=1S/C20H18N6OS/c1-12-8-10-15(11-9-12)26-14(3)17(23-25-26)18-21-20(28-24-18)22-19(27)16-7-5-4-6-13(16)2/h4-11H,1-3H3,(H,21,22,24,27). The molecule has 2 aromatic carbocycles. The van der Waals surface area contributed by atoms with Crippen LogP contribution in [0.25, 0.3) is 17.2 Å². The van der Waals surface area contributed by atoms with Crippen LogP contribution in [0.5, 0.6) is 0 Å². The van der Waals surface area contributed by atoms with Crippen molar-refractivity contribution in [2.45, 2.75) is 20.8 Å². The fourth-order valence-electron chi connectivity index (χ4n) is 2.83. The monoisotopic (exact) mass is 390 g/mol. The van der Waals surface area contributed by atoms with Gasteiger partial charge < -0.3 is 0 Å². The summed E-state index contributed by atoms with van der Waals surface area (Å²) in [5.41, 5.74) is 5.04. The first kappa shape index (κ1) is 18.0. The largest absolute Gasteiger partial charge is 0.297 e. The van der Waals surface area contributed by atoms with Gasteiger partial charge in [-0.2, -0.15) is 9.36 Å². The molecule has 0 saturated heterocycles. The van der Waals surface area contributed by atoms with Gasteiger partial charge in [-0.3, -0.25) is 10.1 Å². The third-order valence-electron chi connectivity index (χ3n) is 4.42. The van der Waals surface area contributed by atoms with Crippen LogP contribution in [0.1, 0.15) is 27.2 Å². The number of amides is 1. The Morgan fingerprint density at radius 3 is 2.54 bits per heavy atom. The number of rotatable bonds is 4. The first-order valence-electron chi connectivity index (χ1n) is 8.73. The van der Waals surface area contributed by atoms with Crippen molar-refractivity contribution < 1.29 is 4.79 Å². The van der Waals surface area contributed by atoms with E-state index in [9.17, 15) is 4.79 Å². The number of carbonyl (C=O) groups excluding carboxylic acids is 1. The number of hydrogen-bond donors (Lipinski definition) is 1. The van der Waals surface area contributed by atoms with Crippen LogP contribution in [0.3, 0.4) is 0 Å². The van der Waals surface area contributed by atoms with Crippen LogP contribution < -0.4 is 5.32 Å². The van der Waals surface area contributed by atoms with Gasteiger partial charge in [0, 0.05) is 17.1 Å². The molecule has 0 bridgehead atoms. The predicted molar refractivity (Wildman–Crippen MR) is 109 cm³/mol. The molecule has 2 heterocycles. The minimum atomic E-state index is -0.208. The zero-order valence-corrected chi connectivity index (χ0v) is 16.5. The van der Waals surface area contributed by atoms with Gasteiger partial charge in [0.25, 0.3) is 5.91 Å². The van der Waals surface area contributed by atoms with E-state index < -0.39 is 0 Å². The molecule has 1 N–H and O–H groups in total. The Bertz CT molecular complexity index is 1150. The zero-order chi connectivity index (χ0) is 19.7. The molecule has 4 aromatic rings. The molecule has 0 atom stereocenters. The van der Waals surface area contributed by atoms with E-state index in [0.29, 0.717) is 22.2 Å². The maximum Gasteiger partial charge on any atom is 0.257 e. The molecule has 1 amide bonds. The quantitative estimate of drug-likeness (QED) is 0.570. The van der Waals surface area contributed by atoms with Crippen LogP contribution in [0, 0.1) is 20.8 Å². The molecule has 0 fully saturated rings. The van der Waals surface area contributed by atoms with Crippen LogP contribution in [0.15, 0.2) is 48.5 Å². The topological polar surface area (TPSA) is 85.6 Å². The van der Waals surface area contributed by atoms with E-state index in [4.69, 9.17) is 0 Å². The van der Waals surface area contributed by atoms with Gasteiger partial charge in [0.15, 0.2) is 11.5 Å². The lowest BCUT2D eigenvalue weighted by Gasteiger charge is -2.04. The van der Waals surface area contributed by atoms with Crippen molar-refractivity contribution in [2.75, 3.05) is 5.32 Å². The highest BCUT2D eigenvalue weighted by Gasteiger charge is 2.18. The first-order chi connectivity index (χ1) is 13.5. The maximum absolute atomic E-state index is 12.5. The Kier molecular flexibility index (Phi) is 4.70. The van der Waals surface area contributed by atoms with Gasteiger partial charge >= 0.3 is 0 Å². The highest BCUT2D eigenvalue weighted by molar-refractivity contribution is 7.10. The van der Waals surface area contributed by atoms with Gasteiger partial charge in [-0.1, -0.05) is 41.1 Å². The molecule has 0 aliphatic heterocycles. The number of aromatic nitrogens is 5. The average Bonchev–Trinajstić information content (AvgIpc) is 3.29. The number of hydrogen-bond acceptors (Lipinski definition) is 6. The molecule has 140 valence electrons. The molecular weight excluding hydrogens is 372 g/mol. The molecule has 0 unspecified atom stereocenters. The molecule has 0 aliphatic rings. The minimum absolute atomic E-state index is 0.208. The zero-order valence-electron chi connectivity index (χ0n) is 15.7. The number of carbonyl (C=O) groups is 1. The third-order valence-corrected chi connectivity index (χ3v) is 5.05. The maximum atomic E-state index is 12.5. The van der Waals surface area contributed by atoms with Gasteiger partial charge in [-0.05, 0) is 44.5 Å². The van der Waals surface area contributed by atoms with Crippen LogP contribution in [0.4, 0.5) is 5.13 Å². The van der Waals surface area contributed by atoms with E-state index >= 15 is 0 Å². The second kappa shape index (κ2) is 7.32. The van der Waals surface area contributed by atoms with Crippen molar-refractivity contribution in [3.63, 3.8) is 0 Å². The van der Waals surface area contributed by atoms with Crippen molar-refractivity contribution in [3.05, 3.63) is 70.9 Å². The van der Waals surface area contributed by atoms with Crippen LogP contribution in [-0.2, 0) is 0 Å². The highest BCUT2D eigenvalue weighted by Crippen LogP contribution is 2.24. The molecular formula is C20H18N6OS. The Balaban J connectivity index is 1.57. The van der Waals surface area contributed by atoms with Gasteiger partial charge in [0.1, 0.15) is 0 Å². The lowest BCUT2D eigenvalue weighted by atomic mass is 10.1. The van der Waals surface area contributed by atoms with Crippen molar-refractivity contribution >= 4 is 22.6 Å². The number of aryl methyl sites for hydroxylation is 2. The summed E-state index contributed by atoms with van der Waals surface area (Å²) in [5, 5.41) is 11.7. The smallest absolute Gasteiger partial charge is 0.257 e. The summed E-state index contributed by atoms with van der Waals surface area (Å²) in [4.78, 5) is 16.9. The van der Waals surface area contributed by atoms with Crippen LogP contribution in [-0.4, -0.2) is 30.3 Å². The van der Waals surface area contributed by atoms with Crippen LogP contribution in [0.2, 0.25) is 0 Å². The van der Waals surface area contributed by atoms with Gasteiger partial charge in [-0.25, -0.2) is 4.68 Å². The highest BCUT2D eigenvalue weighted by atomic mass is 32.1. The molecule has 0 saturated carbocycles. The van der Waals surface area contributed by atoms with Gasteiger partial charge in [0.05, 0.1) is 11.4 Å². The first-order valence-corrected chi connectivity index (χ1v) is 9.50. The summed E-state index contributed by atoms with van der Waals surface area (Å²) >= 11 is 1.12. The van der Waals surface area contributed by atoms with E-state index in [1.165, 1.54) is 5.56 Å². The van der Waals surface area contributed by atoms with Crippen molar-refractivity contribution in [1.29, 1.82) is 0 Å². The number of anilines is 1. The van der Waals surface area contributed by atoms with Gasteiger partial charge in [-0.15, -0.1) is 5.10 Å². The summed E-state index contributed by atoms with van der Waals surface area (Å²) in [6.07, 6.45) is 0. The van der Waals surface area contributed by atoms with E-state index in [0.717, 1.165) is 28.5 Å². The Labute approximate surface area is 166 Å². The summed E-state index contributed by atoms with van der Waals surface area (Å²) < 4.78 is 6.09. The fourth-order valence-corrected chi connectivity index (χ4v) is 3.40. The summed E-state index contributed by atoms with van der Waals surface area (Å²) in [7, 11) is 0. The number of nitrogens with one attached hydrogen (secondary N) is 1. The summed E-state index contributed by atoms with van der Waals surface area (Å²) in [6.45, 7) is 5.85.